The van der Waals surface area contributed by atoms with E-state index in [9.17, 15) is 4.39 Å². The van der Waals surface area contributed by atoms with E-state index in [1.54, 1.807) is 0 Å². The first-order valence-electron chi connectivity index (χ1n) is 3.36. The van der Waals surface area contributed by atoms with E-state index in [0.717, 1.165) is 0 Å². The number of hydrogen-bond acceptors (Lipinski definition) is 2. The van der Waals surface area contributed by atoms with Crippen LogP contribution >= 0.6 is 12.2 Å². The van der Waals surface area contributed by atoms with Gasteiger partial charge in [0, 0.05) is 0 Å². The topological polar surface area (TPSA) is 28.7 Å². The van der Waals surface area contributed by atoms with Gasteiger partial charge in [0.2, 0.25) is 0 Å². The van der Waals surface area contributed by atoms with Gasteiger partial charge < -0.3 is 4.98 Å². The van der Waals surface area contributed by atoms with E-state index < -0.39 is 5.82 Å². The zero-order chi connectivity index (χ0) is 8.43. The van der Waals surface area contributed by atoms with Gasteiger partial charge in [0.15, 0.2) is 10.5 Å². The van der Waals surface area contributed by atoms with Crippen molar-refractivity contribution in [1.82, 2.24) is 9.97 Å². The monoisotopic (exact) mass is 172 g/mol. The highest BCUT2D eigenvalue weighted by atomic mass is 32.1. The molecule has 1 heterocycles. The fourth-order valence-electron chi connectivity index (χ4n) is 0.816. The molecule has 4 heteroatoms. The first kappa shape index (κ1) is 8.33. The number of rotatable bonds is 1. The largest absolute Gasteiger partial charge is 0.347 e. The molecule has 0 aliphatic carbocycles. The minimum absolute atomic E-state index is 0.0347. The van der Waals surface area contributed by atoms with E-state index >= 15 is 0 Å². The molecule has 0 unspecified atom stereocenters. The second-order valence-electron chi connectivity index (χ2n) is 2.59. The lowest BCUT2D eigenvalue weighted by Crippen LogP contribution is -1.98. The van der Waals surface area contributed by atoms with E-state index in [1.807, 2.05) is 13.8 Å². The summed E-state index contributed by atoms with van der Waals surface area (Å²) in [5, 5.41) is 0. The molecule has 0 aliphatic rings. The van der Waals surface area contributed by atoms with Gasteiger partial charge in [0.05, 0.1) is 12.0 Å². The van der Waals surface area contributed by atoms with Crippen LogP contribution in [0.2, 0.25) is 0 Å². The molecule has 1 aromatic heterocycles. The minimum atomic E-state index is -0.405. The molecular formula is C7H9FN2S. The van der Waals surface area contributed by atoms with E-state index in [4.69, 9.17) is 0 Å². The second-order valence-corrected chi connectivity index (χ2v) is 2.98. The van der Waals surface area contributed by atoms with Crippen LogP contribution in [0.3, 0.4) is 0 Å². The van der Waals surface area contributed by atoms with Gasteiger partial charge in [0.25, 0.3) is 0 Å². The third-order valence-corrected chi connectivity index (χ3v) is 1.69. The highest BCUT2D eigenvalue weighted by Crippen LogP contribution is 2.14. The van der Waals surface area contributed by atoms with Crippen LogP contribution in [0, 0.1) is 10.5 Å². The molecule has 0 aliphatic heterocycles. The molecule has 0 saturated heterocycles. The quantitative estimate of drug-likeness (QED) is 0.659. The molecule has 1 N–H and O–H groups in total. The second kappa shape index (κ2) is 3.09. The van der Waals surface area contributed by atoms with Crippen LogP contribution in [0.1, 0.15) is 25.5 Å². The van der Waals surface area contributed by atoms with E-state index in [-0.39, 0.29) is 10.6 Å². The number of aromatic amines is 1. The molecule has 1 rings (SSSR count). The lowest BCUT2D eigenvalue weighted by atomic mass is 10.1. The normalized spacial score (nSPS) is 10.5. The van der Waals surface area contributed by atoms with Crippen molar-refractivity contribution >= 4 is 12.2 Å². The van der Waals surface area contributed by atoms with Gasteiger partial charge in [-0.05, 0) is 5.92 Å². The summed E-state index contributed by atoms with van der Waals surface area (Å²) in [4.78, 5) is 6.33. The number of hydrogen-bond donors (Lipinski definition) is 1. The van der Waals surface area contributed by atoms with Gasteiger partial charge in [0.1, 0.15) is 0 Å². The SMILES string of the molecule is CC(C)c1[nH]cnc(=S)c1F. The Morgan fingerprint density at radius 2 is 2.27 bits per heavy atom. The summed E-state index contributed by atoms with van der Waals surface area (Å²) in [7, 11) is 0. The van der Waals surface area contributed by atoms with Crippen LogP contribution < -0.4 is 0 Å². The molecule has 0 radical (unpaired) electrons. The number of aromatic nitrogens is 2. The molecule has 60 valence electrons. The van der Waals surface area contributed by atoms with Crippen molar-refractivity contribution in [2.24, 2.45) is 0 Å². The molecule has 0 bridgehead atoms. The van der Waals surface area contributed by atoms with Crippen molar-refractivity contribution in [3.05, 3.63) is 22.5 Å². The number of halogens is 1. The summed E-state index contributed by atoms with van der Waals surface area (Å²) in [6.07, 6.45) is 1.42. The fourth-order valence-corrected chi connectivity index (χ4v) is 0.978. The first-order chi connectivity index (χ1) is 5.13. The van der Waals surface area contributed by atoms with Crippen LogP contribution in [0.5, 0.6) is 0 Å². The van der Waals surface area contributed by atoms with Crippen molar-refractivity contribution in [2.75, 3.05) is 0 Å². The Hall–Kier alpha value is -0.770. The van der Waals surface area contributed by atoms with Gasteiger partial charge in [-0.3, -0.25) is 0 Å². The molecule has 1 aromatic rings. The van der Waals surface area contributed by atoms with Crippen molar-refractivity contribution < 1.29 is 4.39 Å². The number of nitrogens with zero attached hydrogens (tertiary/aromatic N) is 1. The maximum atomic E-state index is 13.1. The molecule has 0 fully saturated rings. The lowest BCUT2D eigenvalue weighted by molar-refractivity contribution is 0.571. The average Bonchev–Trinajstić information content (AvgIpc) is 1.94. The number of H-pyrrole nitrogens is 1. The summed E-state index contributed by atoms with van der Waals surface area (Å²) in [5.41, 5.74) is 0.519. The van der Waals surface area contributed by atoms with Crippen LogP contribution in [0.15, 0.2) is 6.33 Å². The molecule has 0 atom stereocenters. The maximum Gasteiger partial charge on any atom is 0.179 e. The van der Waals surface area contributed by atoms with E-state index in [0.29, 0.717) is 5.69 Å². The van der Waals surface area contributed by atoms with Gasteiger partial charge in [-0.25, -0.2) is 9.37 Å². The summed E-state index contributed by atoms with van der Waals surface area (Å²) in [6, 6.07) is 0. The standard InChI is InChI=1S/C7H9FN2S/c1-4(2)6-5(8)7(11)10-3-9-6/h3-4H,1-2H3,(H,9,10,11). The Balaban J connectivity index is 3.28. The highest BCUT2D eigenvalue weighted by molar-refractivity contribution is 7.71. The summed E-state index contributed by atoms with van der Waals surface area (Å²) in [6.45, 7) is 3.79. The Bertz CT molecular complexity index is 306. The van der Waals surface area contributed by atoms with Crippen LogP contribution in [0.4, 0.5) is 4.39 Å². The smallest absolute Gasteiger partial charge is 0.179 e. The van der Waals surface area contributed by atoms with Crippen molar-refractivity contribution in [3.63, 3.8) is 0 Å². The Labute approximate surface area is 69.5 Å². The van der Waals surface area contributed by atoms with Crippen molar-refractivity contribution in [3.8, 4) is 0 Å². The van der Waals surface area contributed by atoms with Crippen molar-refractivity contribution in [1.29, 1.82) is 0 Å². The van der Waals surface area contributed by atoms with Gasteiger partial charge in [-0.1, -0.05) is 26.1 Å². The molecule has 0 amide bonds. The predicted octanol–water partition coefficient (Wildman–Crippen LogP) is 2.40. The minimum Gasteiger partial charge on any atom is -0.347 e. The van der Waals surface area contributed by atoms with E-state index in [2.05, 4.69) is 22.2 Å². The molecule has 11 heavy (non-hydrogen) atoms. The van der Waals surface area contributed by atoms with Crippen LogP contribution in [-0.4, -0.2) is 9.97 Å². The molecule has 0 aromatic carbocycles. The highest BCUT2D eigenvalue weighted by Gasteiger charge is 2.07. The number of nitrogens with one attached hydrogen (secondary N) is 1. The summed E-state index contributed by atoms with van der Waals surface area (Å²) < 4.78 is 13.1. The maximum absolute atomic E-state index is 13.1. The van der Waals surface area contributed by atoms with Crippen molar-refractivity contribution in [2.45, 2.75) is 19.8 Å². The third kappa shape index (κ3) is 1.63. The summed E-state index contributed by atoms with van der Waals surface area (Å²) >= 11 is 4.65. The van der Waals surface area contributed by atoms with Gasteiger partial charge >= 0.3 is 0 Å². The van der Waals surface area contributed by atoms with Gasteiger partial charge in [-0.2, -0.15) is 0 Å². The predicted molar refractivity (Wildman–Crippen MR) is 43.5 cm³/mol. The summed E-state index contributed by atoms with van der Waals surface area (Å²) in [5.74, 6) is -0.294. The Morgan fingerprint density at radius 1 is 1.64 bits per heavy atom. The average molecular weight is 172 g/mol. The fraction of sp³-hybridized carbons (Fsp3) is 0.429. The first-order valence-corrected chi connectivity index (χ1v) is 3.77. The zero-order valence-corrected chi connectivity index (χ0v) is 7.20. The van der Waals surface area contributed by atoms with Crippen LogP contribution in [-0.2, 0) is 0 Å². The van der Waals surface area contributed by atoms with Crippen LogP contribution in [0.25, 0.3) is 0 Å². The molecule has 2 nitrogen and oxygen atoms in total. The zero-order valence-electron chi connectivity index (χ0n) is 6.39. The third-order valence-electron chi connectivity index (χ3n) is 1.40. The lowest BCUT2D eigenvalue weighted by Gasteiger charge is -2.04. The molecule has 0 saturated carbocycles. The molecular weight excluding hydrogens is 163 g/mol. The molecule has 0 spiro atoms. The Morgan fingerprint density at radius 3 is 2.73 bits per heavy atom. The van der Waals surface area contributed by atoms with E-state index in [1.165, 1.54) is 6.33 Å². The van der Waals surface area contributed by atoms with Gasteiger partial charge in [-0.15, -0.1) is 0 Å². The Kier molecular flexibility index (Phi) is 2.34.